The first-order valence-corrected chi connectivity index (χ1v) is 7.01. The molecule has 0 aliphatic heterocycles. The molecule has 2 rings (SSSR count). The predicted octanol–water partition coefficient (Wildman–Crippen LogP) is 2.84. The van der Waals surface area contributed by atoms with Crippen molar-refractivity contribution in [1.82, 2.24) is 10.3 Å². The minimum absolute atomic E-state index is 0.232. The normalized spacial score (nSPS) is 12.3. The maximum atomic E-state index is 12.1. The SMILES string of the molecule is CCCNC(C(=O)OCC)c1ccc2ncccc2c1. The van der Waals surface area contributed by atoms with Crippen molar-refractivity contribution in [3.05, 3.63) is 42.1 Å². The van der Waals surface area contributed by atoms with E-state index in [9.17, 15) is 4.79 Å². The summed E-state index contributed by atoms with van der Waals surface area (Å²) < 4.78 is 5.15. The molecule has 106 valence electrons. The van der Waals surface area contributed by atoms with Crippen LogP contribution in [0.2, 0.25) is 0 Å². The van der Waals surface area contributed by atoms with Crippen LogP contribution in [-0.4, -0.2) is 24.1 Å². The number of pyridine rings is 1. The van der Waals surface area contributed by atoms with Gasteiger partial charge in [0.05, 0.1) is 12.1 Å². The van der Waals surface area contributed by atoms with E-state index in [2.05, 4.69) is 17.2 Å². The highest BCUT2D eigenvalue weighted by Crippen LogP contribution is 2.20. The minimum Gasteiger partial charge on any atom is -0.465 e. The first-order chi connectivity index (χ1) is 9.76. The Balaban J connectivity index is 2.31. The molecule has 1 atom stereocenters. The highest BCUT2D eigenvalue weighted by molar-refractivity contribution is 5.83. The van der Waals surface area contributed by atoms with Gasteiger partial charge >= 0.3 is 5.97 Å². The second kappa shape index (κ2) is 7.01. The van der Waals surface area contributed by atoms with Crippen molar-refractivity contribution in [3.63, 3.8) is 0 Å². The van der Waals surface area contributed by atoms with Crippen LogP contribution in [0.25, 0.3) is 10.9 Å². The fourth-order valence-corrected chi connectivity index (χ4v) is 2.13. The Morgan fingerprint density at radius 1 is 1.35 bits per heavy atom. The van der Waals surface area contributed by atoms with Gasteiger partial charge in [0.25, 0.3) is 0 Å². The number of benzene rings is 1. The van der Waals surface area contributed by atoms with Crippen LogP contribution in [0.15, 0.2) is 36.5 Å². The number of carbonyl (C=O) groups excluding carboxylic acids is 1. The molecule has 1 heterocycles. The van der Waals surface area contributed by atoms with Gasteiger partial charge in [-0.25, -0.2) is 4.79 Å². The molecule has 0 bridgehead atoms. The molecule has 0 amide bonds. The summed E-state index contributed by atoms with van der Waals surface area (Å²) in [5.41, 5.74) is 1.84. The van der Waals surface area contributed by atoms with Gasteiger partial charge in [0.15, 0.2) is 0 Å². The maximum absolute atomic E-state index is 12.1. The zero-order valence-electron chi connectivity index (χ0n) is 11.9. The van der Waals surface area contributed by atoms with Gasteiger partial charge in [-0.15, -0.1) is 0 Å². The Hall–Kier alpha value is -1.94. The average molecular weight is 272 g/mol. The fraction of sp³-hybridized carbons (Fsp3) is 0.375. The lowest BCUT2D eigenvalue weighted by atomic mass is 10.0. The van der Waals surface area contributed by atoms with E-state index in [1.54, 1.807) is 6.20 Å². The Labute approximate surface area is 119 Å². The monoisotopic (exact) mass is 272 g/mol. The van der Waals surface area contributed by atoms with Gasteiger partial charge in [-0.1, -0.05) is 19.1 Å². The Kier molecular flexibility index (Phi) is 5.07. The average Bonchev–Trinajstić information content (AvgIpc) is 2.48. The van der Waals surface area contributed by atoms with Crippen molar-refractivity contribution in [2.24, 2.45) is 0 Å². The molecule has 20 heavy (non-hydrogen) atoms. The summed E-state index contributed by atoms with van der Waals surface area (Å²) in [5.74, 6) is -0.232. The highest BCUT2D eigenvalue weighted by Gasteiger charge is 2.21. The molecule has 2 aromatic rings. The summed E-state index contributed by atoms with van der Waals surface area (Å²) in [6.45, 7) is 5.05. The summed E-state index contributed by atoms with van der Waals surface area (Å²) in [7, 11) is 0. The van der Waals surface area contributed by atoms with Crippen LogP contribution in [0, 0.1) is 0 Å². The second-order valence-corrected chi connectivity index (χ2v) is 4.59. The molecule has 1 aromatic heterocycles. The van der Waals surface area contributed by atoms with Crippen molar-refractivity contribution in [2.75, 3.05) is 13.2 Å². The zero-order valence-corrected chi connectivity index (χ0v) is 11.9. The zero-order chi connectivity index (χ0) is 14.4. The molecular weight excluding hydrogens is 252 g/mol. The number of ether oxygens (including phenoxy) is 1. The third kappa shape index (κ3) is 3.33. The highest BCUT2D eigenvalue weighted by atomic mass is 16.5. The number of rotatable bonds is 6. The first kappa shape index (κ1) is 14.5. The van der Waals surface area contributed by atoms with E-state index < -0.39 is 6.04 Å². The van der Waals surface area contributed by atoms with Gasteiger partial charge in [0.1, 0.15) is 6.04 Å². The van der Waals surface area contributed by atoms with Crippen LogP contribution < -0.4 is 5.32 Å². The molecule has 4 nitrogen and oxygen atoms in total. The minimum atomic E-state index is -0.417. The van der Waals surface area contributed by atoms with E-state index in [0.717, 1.165) is 29.4 Å². The Morgan fingerprint density at radius 3 is 2.95 bits per heavy atom. The van der Waals surface area contributed by atoms with Crippen LogP contribution >= 0.6 is 0 Å². The molecular formula is C16H20N2O2. The van der Waals surface area contributed by atoms with E-state index >= 15 is 0 Å². The van der Waals surface area contributed by atoms with Crippen molar-refractivity contribution in [1.29, 1.82) is 0 Å². The van der Waals surface area contributed by atoms with E-state index in [1.165, 1.54) is 0 Å². The van der Waals surface area contributed by atoms with Crippen molar-refractivity contribution < 1.29 is 9.53 Å². The van der Waals surface area contributed by atoms with E-state index in [1.807, 2.05) is 37.3 Å². The molecule has 4 heteroatoms. The fourth-order valence-electron chi connectivity index (χ4n) is 2.13. The summed E-state index contributed by atoms with van der Waals surface area (Å²) in [6.07, 6.45) is 2.73. The number of carbonyl (C=O) groups is 1. The maximum Gasteiger partial charge on any atom is 0.327 e. The molecule has 0 fully saturated rings. The van der Waals surface area contributed by atoms with Crippen molar-refractivity contribution in [3.8, 4) is 0 Å². The summed E-state index contributed by atoms with van der Waals surface area (Å²) in [6, 6.07) is 9.33. The number of esters is 1. The molecule has 0 aliphatic rings. The van der Waals surface area contributed by atoms with Crippen molar-refractivity contribution in [2.45, 2.75) is 26.3 Å². The third-order valence-electron chi connectivity index (χ3n) is 3.08. The van der Waals surface area contributed by atoms with Gasteiger partial charge in [0, 0.05) is 11.6 Å². The third-order valence-corrected chi connectivity index (χ3v) is 3.08. The standard InChI is InChI=1S/C16H20N2O2/c1-3-9-18-15(16(19)20-4-2)13-7-8-14-12(11-13)6-5-10-17-14/h5-8,10-11,15,18H,3-4,9H2,1-2H3. The van der Waals surface area contributed by atoms with Crippen LogP contribution in [0.3, 0.4) is 0 Å². The number of fused-ring (bicyclic) bond motifs is 1. The molecule has 0 radical (unpaired) electrons. The lowest BCUT2D eigenvalue weighted by molar-refractivity contribution is -0.145. The predicted molar refractivity (Wildman–Crippen MR) is 79.4 cm³/mol. The number of aromatic nitrogens is 1. The molecule has 1 N–H and O–H groups in total. The first-order valence-electron chi connectivity index (χ1n) is 7.01. The summed E-state index contributed by atoms with van der Waals surface area (Å²) in [5, 5.41) is 4.27. The topological polar surface area (TPSA) is 51.2 Å². The Morgan fingerprint density at radius 2 is 2.20 bits per heavy atom. The van der Waals surface area contributed by atoms with Crippen LogP contribution in [0.1, 0.15) is 31.9 Å². The summed E-state index contributed by atoms with van der Waals surface area (Å²) in [4.78, 5) is 16.4. The smallest absolute Gasteiger partial charge is 0.327 e. The molecule has 0 spiro atoms. The quantitative estimate of drug-likeness (QED) is 0.822. The summed E-state index contributed by atoms with van der Waals surface area (Å²) >= 11 is 0. The number of nitrogens with one attached hydrogen (secondary N) is 1. The lowest BCUT2D eigenvalue weighted by Gasteiger charge is -2.17. The number of hydrogen-bond acceptors (Lipinski definition) is 4. The Bertz CT molecular complexity index is 583. The molecule has 0 saturated heterocycles. The second-order valence-electron chi connectivity index (χ2n) is 4.59. The largest absolute Gasteiger partial charge is 0.465 e. The van der Waals surface area contributed by atoms with Crippen LogP contribution in [-0.2, 0) is 9.53 Å². The van der Waals surface area contributed by atoms with Gasteiger partial charge in [0.2, 0.25) is 0 Å². The van der Waals surface area contributed by atoms with Gasteiger partial charge in [-0.05, 0) is 43.7 Å². The van der Waals surface area contributed by atoms with Gasteiger partial charge in [-0.3, -0.25) is 4.98 Å². The molecule has 1 unspecified atom stereocenters. The molecule has 0 saturated carbocycles. The van der Waals surface area contributed by atoms with E-state index in [0.29, 0.717) is 6.61 Å². The van der Waals surface area contributed by atoms with E-state index in [4.69, 9.17) is 4.74 Å². The molecule has 1 aromatic carbocycles. The van der Waals surface area contributed by atoms with E-state index in [-0.39, 0.29) is 5.97 Å². The number of nitrogens with zero attached hydrogens (tertiary/aromatic N) is 1. The van der Waals surface area contributed by atoms with Gasteiger partial charge < -0.3 is 10.1 Å². The van der Waals surface area contributed by atoms with Crippen LogP contribution in [0.5, 0.6) is 0 Å². The number of hydrogen-bond donors (Lipinski definition) is 1. The lowest BCUT2D eigenvalue weighted by Crippen LogP contribution is -2.30. The van der Waals surface area contributed by atoms with Gasteiger partial charge in [-0.2, -0.15) is 0 Å². The van der Waals surface area contributed by atoms with Crippen molar-refractivity contribution >= 4 is 16.9 Å². The van der Waals surface area contributed by atoms with Crippen LogP contribution in [0.4, 0.5) is 0 Å². The molecule has 0 aliphatic carbocycles.